The van der Waals surface area contributed by atoms with Crippen LogP contribution in [0.15, 0.2) is 30.9 Å². The summed E-state index contributed by atoms with van der Waals surface area (Å²) in [6.45, 7) is 5.41. The molecule has 1 aliphatic rings. The second-order valence-electron chi connectivity index (χ2n) is 8.20. The van der Waals surface area contributed by atoms with Crippen molar-refractivity contribution in [1.82, 2.24) is 29.9 Å². The van der Waals surface area contributed by atoms with Crippen LogP contribution in [0.3, 0.4) is 0 Å². The first-order chi connectivity index (χ1) is 18.1. The summed E-state index contributed by atoms with van der Waals surface area (Å²) in [7, 11) is 3.43. The number of rotatable bonds is 8. The number of hydrogen-bond donors (Lipinski definition) is 0. The van der Waals surface area contributed by atoms with Gasteiger partial charge < -0.3 is 24.0 Å². The summed E-state index contributed by atoms with van der Waals surface area (Å²) in [6, 6.07) is 2.35. The molecule has 5 rings (SSSR count). The predicted molar refractivity (Wildman–Crippen MR) is 138 cm³/mol. The van der Waals surface area contributed by atoms with Crippen LogP contribution in [0.5, 0.6) is 6.01 Å². The fourth-order valence-corrected chi connectivity index (χ4v) is 5.01. The molecule has 1 saturated heterocycles. The summed E-state index contributed by atoms with van der Waals surface area (Å²) in [5.41, 5.74) is 1.87. The highest BCUT2D eigenvalue weighted by Crippen LogP contribution is 2.35. The van der Waals surface area contributed by atoms with Gasteiger partial charge in [-0.2, -0.15) is 0 Å². The molecule has 1 fully saturated rings. The van der Waals surface area contributed by atoms with Gasteiger partial charge in [-0.25, -0.2) is 34.7 Å². The van der Waals surface area contributed by atoms with E-state index in [1.165, 1.54) is 19.5 Å². The highest BCUT2D eigenvalue weighted by atomic mass is 32.1. The molecular formula is C24H26N8O4S. The number of aromatic nitrogens is 6. The SMILES string of the molecule is CCOC(=O)c1cnc(N(C)Cc2cc3nc(-c4cnc(OC)nc4)nc(N4CCOCC4)c3s2)nc1. The molecule has 1 aliphatic heterocycles. The van der Waals surface area contributed by atoms with E-state index in [0.29, 0.717) is 49.3 Å². The van der Waals surface area contributed by atoms with Crippen molar-refractivity contribution in [2.75, 3.05) is 56.9 Å². The van der Waals surface area contributed by atoms with Crippen molar-refractivity contribution in [3.8, 4) is 17.4 Å². The molecule has 4 aromatic rings. The Bertz CT molecular complexity index is 1370. The number of esters is 1. The Morgan fingerprint density at radius 1 is 1.11 bits per heavy atom. The van der Waals surface area contributed by atoms with Crippen molar-refractivity contribution in [2.24, 2.45) is 0 Å². The number of carbonyl (C=O) groups is 1. The molecule has 13 heteroatoms. The lowest BCUT2D eigenvalue weighted by atomic mass is 10.3. The van der Waals surface area contributed by atoms with E-state index >= 15 is 0 Å². The normalized spacial score (nSPS) is 13.5. The van der Waals surface area contributed by atoms with E-state index in [4.69, 9.17) is 24.2 Å². The van der Waals surface area contributed by atoms with Crippen LogP contribution in [0.1, 0.15) is 22.2 Å². The van der Waals surface area contributed by atoms with Crippen molar-refractivity contribution in [1.29, 1.82) is 0 Å². The van der Waals surface area contributed by atoms with Crippen LogP contribution in [-0.4, -0.2) is 82.9 Å². The Hall–Kier alpha value is -3.97. The third kappa shape index (κ3) is 5.42. The van der Waals surface area contributed by atoms with Gasteiger partial charge in [-0.15, -0.1) is 11.3 Å². The molecule has 0 aromatic carbocycles. The average molecular weight is 523 g/mol. The van der Waals surface area contributed by atoms with Gasteiger partial charge in [0.1, 0.15) is 0 Å². The number of methoxy groups -OCH3 is 1. The van der Waals surface area contributed by atoms with Crippen LogP contribution in [0.4, 0.5) is 11.8 Å². The fourth-order valence-electron chi connectivity index (χ4n) is 3.84. The Balaban J connectivity index is 1.45. The molecule has 4 aromatic heterocycles. The Morgan fingerprint density at radius 3 is 2.51 bits per heavy atom. The maximum atomic E-state index is 11.9. The third-order valence-corrected chi connectivity index (χ3v) is 6.77. The van der Waals surface area contributed by atoms with Gasteiger partial charge in [-0.05, 0) is 13.0 Å². The van der Waals surface area contributed by atoms with E-state index < -0.39 is 5.97 Å². The van der Waals surface area contributed by atoms with Crippen molar-refractivity contribution in [3.63, 3.8) is 0 Å². The molecule has 0 atom stereocenters. The Labute approximate surface area is 217 Å². The van der Waals surface area contributed by atoms with Crippen molar-refractivity contribution in [2.45, 2.75) is 13.5 Å². The first kappa shape index (κ1) is 24.7. The fraction of sp³-hybridized carbons (Fsp3) is 0.375. The molecule has 0 unspecified atom stereocenters. The molecular weight excluding hydrogens is 496 g/mol. The van der Waals surface area contributed by atoms with Crippen molar-refractivity contribution >= 4 is 39.3 Å². The van der Waals surface area contributed by atoms with E-state index in [0.717, 1.165) is 34.0 Å². The molecule has 0 radical (unpaired) electrons. The molecule has 0 N–H and O–H groups in total. The smallest absolute Gasteiger partial charge is 0.341 e. The van der Waals surface area contributed by atoms with Crippen molar-refractivity contribution in [3.05, 3.63) is 41.3 Å². The molecule has 0 aliphatic carbocycles. The molecule has 0 spiro atoms. The minimum atomic E-state index is -0.437. The summed E-state index contributed by atoms with van der Waals surface area (Å²) >= 11 is 1.64. The second-order valence-corrected chi connectivity index (χ2v) is 9.34. The summed E-state index contributed by atoms with van der Waals surface area (Å²) in [5.74, 6) is 1.48. The van der Waals surface area contributed by atoms with Gasteiger partial charge in [-0.1, -0.05) is 0 Å². The van der Waals surface area contributed by atoms with Crippen LogP contribution in [0.25, 0.3) is 21.6 Å². The van der Waals surface area contributed by atoms with E-state index in [2.05, 4.69) is 30.9 Å². The summed E-state index contributed by atoms with van der Waals surface area (Å²) in [4.78, 5) is 43.9. The lowest BCUT2D eigenvalue weighted by molar-refractivity contribution is 0.0525. The van der Waals surface area contributed by atoms with Gasteiger partial charge in [0, 0.05) is 49.8 Å². The highest BCUT2D eigenvalue weighted by Gasteiger charge is 2.21. The number of morpholine rings is 1. The number of ether oxygens (including phenoxy) is 3. The zero-order chi connectivity index (χ0) is 25.8. The molecule has 192 valence electrons. The maximum absolute atomic E-state index is 11.9. The van der Waals surface area contributed by atoms with E-state index in [9.17, 15) is 4.79 Å². The topological polar surface area (TPSA) is 129 Å². The molecule has 0 bridgehead atoms. The maximum Gasteiger partial charge on any atom is 0.341 e. The third-order valence-electron chi connectivity index (χ3n) is 5.67. The minimum Gasteiger partial charge on any atom is -0.467 e. The van der Waals surface area contributed by atoms with E-state index in [-0.39, 0.29) is 6.01 Å². The standard InChI is InChI=1S/C24H26N8O4S/c1-4-36-22(33)16-12-25-23(26-13-16)31(2)14-17-9-18-19(37-17)21(32-5-7-35-8-6-32)30-20(29-18)15-10-27-24(34-3)28-11-15/h9-13H,4-8,14H2,1-3H3. The van der Waals surface area contributed by atoms with E-state index in [1.54, 1.807) is 30.7 Å². The first-order valence-electron chi connectivity index (χ1n) is 11.8. The zero-order valence-corrected chi connectivity index (χ0v) is 21.6. The second kappa shape index (κ2) is 11.0. The van der Waals surface area contributed by atoms with Crippen LogP contribution in [-0.2, 0) is 16.0 Å². The average Bonchev–Trinajstić information content (AvgIpc) is 3.35. The highest BCUT2D eigenvalue weighted by molar-refractivity contribution is 7.19. The molecule has 12 nitrogen and oxygen atoms in total. The van der Waals surface area contributed by atoms with Gasteiger partial charge in [-0.3, -0.25) is 0 Å². The van der Waals surface area contributed by atoms with E-state index in [1.807, 2.05) is 11.9 Å². The Morgan fingerprint density at radius 2 is 1.84 bits per heavy atom. The molecule has 5 heterocycles. The number of hydrogen-bond acceptors (Lipinski definition) is 13. The minimum absolute atomic E-state index is 0.289. The van der Waals surface area contributed by atoms with Crippen LogP contribution < -0.4 is 14.5 Å². The number of thiophene rings is 1. The molecule has 0 amide bonds. The summed E-state index contributed by atoms with van der Waals surface area (Å²) in [5, 5.41) is 0. The van der Waals surface area contributed by atoms with Crippen molar-refractivity contribution < 1.29 is 19.0 Å². The van der Waals surface area contributed by atoms with Crippen LogP contribution in [0.2, 0.25) is 0 Å². The van der Waals surface area contributed by atoms with Gasteiger partial charge in [0.2, 0.25) is 5.95 Å². The van der Waals surface area contributed by atoms with Crippen LogP contribution in [0, 0.1) is 0 Å². The van der Waals surface area contributed by atoms with Gasteiger partial charge in [0.15, 0.2) is 11.6 Å². The quantitative estimate of drug-likeness (QED) is 0.315. The van der Waals surface area contributed by atoms with Gasteiger partial charge >= 0.3 is 12.0 Å². The predicted octanol–water partition coefficient (Wildman–Crippen LogP) is 2.60. The number of nitrogens with zero attached hydrogens (tertiary/aromatic N) is 8. The molecule has 0 saturated carbocycles. The number of anilines is 2. The number of fused-ring (bicyclic) bond motifs is 1. The largest absolute Gasteiger partial charge is 0.467 e. The van der Waals surface area contributed by atoms with Crippen LogP contribution >= 0.6 is 11.3 Å². The molecule has 37 heavy (non-hydrogen) atoms. The first-order valence-corrected chi connectivity index (χ1v) is 12.6. The lowest BCUT2D eigenvalue weighted by Gasteiger charge is -2.28. The number of carbonyl (C=O) groups excluding carboxylic acids is 1. The summed E-state index contributed by atoms with van der Waals surface area (Å²) < 4.78 is 16.6. The van der Waals surface area contributed by atoms with Gasteiger partial charge in [0.25, 0.3) is 0 Å². The lowest BCUT2D eigenvalue weighted by Crippen LogP contribution is -2.36. The summed E-state index contributed by atoms with van der Waals surface area (Å²) in [6.07, 6.45) is 6.28. The zero-order valence-electron chi connectivity index (χ0n) is 20.7. The monoisotopic (exact) mass is 522 g/mol. The van der Waals surface area contributed by atoms with Gasteiger partial charge in [0.05, 0.1) is 54.8 Å². The Kier molecular flexibility index (Phi) is 7.32.